The first-order valence-corrected chi connectivity index (χ1v) is 9.84. The van der Waals surface area contributed by atoms with Crippen LogP contribution >= 0.6 is 0 Å². The minimum absolute atomic E-state index is 0.0593. The van der Waals surface area contributed by atoms with Crippen molar-refractivity contribution < 1.29 is 22.3 Å². The summed E-state index contributed by atoms with van der Waals surface area (Å²) in [6.07, 6.45) is 0. The van der Waals surface area contributed by atoms with Crippen molar-refractivity contribution in [3.63, 3.8) is 0 Å². The van der Waals surface area contributed by atoms with Gasteiger partial charge >= 0.3 is 5.97 Å². The topological polar surface area (TPSA) is 117 Å². The summed E-state index contributed by atoms with van der Waals surface area (Å²) in [6, 6.07) is 12.9. The number of ether oxygens (including phenoxy) is 1. The predicted molar refractivity (Wildman–Crippen MR) is 103 cm³/mol. The molecule has 3 aromatic rings. The van der Waals surface area contributed by atoms with Crippen LogP contribution in [0.15, 0.2) is 59.5 Å². The number of halogens is 1. The van der Waals surface area contributed by atoms with Crippen LogP contribution in [0.3, 0.4) is 0 Å². The Labute approximate surface area is 161 Å². The molecule has 7 nitrogen and oxygen atoms in total. The summed E-state index contributed by atoms with van der Waals surface area (Å²) < 4.78 is 42.9. The molecule has 0 fully saturated rings. The smallest absolute Gasteiger partial charge is 0.341 e. The van der Waals surface area contributed by atoms with Crippen LogP contribution in [0.4, 0.5) is 10.2 Å². The van der Waals surface area contributed by atoms with Gasteiger partial charge in [-0.2, -0.15) is 0 Å². The van der Waals surface area contributed by atoms with Gasteiger partial charge in [-0.1, -0.05) is 0 Å². The van der Waals surface area contributed by atoms with Crippen LogP contribution in [0.5, 0.6) is 0 Å². The minimum Gasteiger partial charge on any atom is -0.462 e. The van der Waals surface area contributed by atoms with Crippen LogP contribution in [0.25, 0.3) is 16.9 Å². The van der Waals surface area contributed by atoms with E-state index in [1.165, 1.54) is 36.4 Å². The number of nitrogen functional groups attached to an aromatic ring is 1. The molecule has 0 radical (unpaired) electrons. The molecule has 146 valence electrons. The Kier molecular flexibility index (Phi) is 5.21. The van der Waals surface area contributed by atoms with E-state index in [9.17, 15) is 17.6 Å². The van der Waals surface area contributed by atoms with Gasteiger partial charge in [0, 0.05) is 5.69 Å². The molecule has 28 heavy (non-hydrogen) atoms. The second-order valence-corrected chi connectivity index (χ2v) is 7.49. The van der Waals surface area contributed by atoms with E-state index in [2.05, 4.69) is 0 Å². The number of benzene rings is 2. The summed E-state index contributed by atoms with van der Waals surface area (Å²) in [4.78, 5) is 12.2. The normalized spacial score (nSPS) is 11.4. The molecular formula is C19H18FN3O4S. The van der Waals surface area contributed by atoms with E-state index in [4.69, 9.17) is 15.6 Å². The highest BCUT2D eigenvalue weighted by Crippen LogP contribution is 2.32. The van der Waals surface area contributed by atoms with Crippen LogP contribution in [0.1, 0.15) is 17.3 Å². The second kappa shape index (κ2) is 7.45. The van der Waals surface area contributed by atoms with E-state index in [1.54, 1.807) is 29.7 Å². The second-order valence-electron chi connectivity index (χ2n) is 5.93. The van der Waals surface area contributed by atoms with E-state index in [1.807, 2.05) is 0 Å². The van der Waals surface area contributed by atoms with Gasteiger partial charge in [0.1, 0.15) is 17.2 Å². The van der Waals surface area contributed by atoms with Gasteiger partial charge in [0.15, 0.2) is 0 Å². The number of sulfonamides is 1. The molecule has 2 aromatic carbocycles. The van der Waals surface area contributed by atoms with Gasteiger partial charge in [0.25, 0.3) is 0 Å². The fourth-order valence-electron chi connectivity index (χ4n) is 2.79. The number of nitrogens with two attached hydrogens (primary N) is 2. The summed E-state index contributed by atoms with van der Waals surface area (Å²) >= 11 is 0. The van der Waals surface area contributed by atoms with Gasteiger partial charge in [-0.3, -0.25) is 4.57 Å². The molecule has 0 spiro atoms. The first-order valence-electron chi connectivity index (χ1n) is 8.30. The summed E-state index contributed by atoms with van der Waals surface area (Å²) in [5, 5.41) is 5.13. The molecule has 1 aromatic heterocycles. The number of anilines is 1. The van der Waals surface area contributed by atoms with Crippen molar-refractivity contribution in [2.24, 2.45) is 5.14 Å². The number of primary sulfonamides is 1. The Morgan fingerprint density at radius 2 is 1.71 bits per heavy atom. The number of hydrogen-bond acceptors (Lipinski definition) is 5. The summed E-state index contributed by atoms with van der Waals surface area (Å²) in [7, 11) is -3.85. The molecule has 0 bridgehead atoms. The number of rotatable bonds is 5. The first-order chi connectivity index (χ1) is 13.2. The highest BCUT2D eigenvalue weighted by Gasteiger charge is 2.21. The van der Waals surface area contributed by atoms with E-state index in [0.717, 1.165) is 0 Å². The van der Waals surface area contributed by atoms with Crippen molar-refractivity contribution in [2.45, 2.75) is 11.8 Å². The molecule has 0 aliphatic heterocycles. The number of hydrogen-bond donors (Lipinski definition) is 2. The van der Waals surface area contributed by atoms with E-state index < -0.39 is 21.8 Å². The van der Waals surface area contributed by atoms with Gasteiger partial charge in [-0.05, 0) is 67.1 Å². The van der Waals surface area contributed by atoms with E-state index in [-0.39, 0.29) is 22.9 Å². The molecule has 9 heteroatoms. The molecular weight excluding hydrogens is 385 g/mol. The largest absolute Gasteiger partial charge is 0.462 e. The van der Waals surface area contributed by atoms with Crippen molar-refractivity contribution in [1.29, 1.82) is 0 Å². The first kappa shape index (κ1) is 19.6. The summed E-state index contributed by atoms with van der Waals surface area (Å²) in [6.45, 7) is 1.86. The van der Waals surface area contributed by atoms with Crippen molar-refractivity contribution in [2.75, 3.05) is 12.3 Å². The van der Waals surface area contributed by atoms with Gasteiger partial charge in [0.2, 0.25) is 10.0 Å². The van der Waals surface area contributed by atoms with E-state index >= 15 is 0 Å². The third-order valence-corrected chi connectivity index (χ3v) is 5.03. The average molecular weight is 403 g/mol. The maximum absolute atomic E-state index is 13.3. The Morgan fingerprint density at radius 3 is 2.25 bits per heavy atom. The van der Waals surface area contributed by atoms with Gasteiger partial charge in [-0.15, -0.1) is 0 Å². The third-order valence-electron chi connectivity index (χ3n) is 4.10. The Balaban J connectivity index is 2.20. The molecule has 3 rings (SSSR count). The van der Waals surface area contributed by atoms with Crippen LogP contribution < -0.4 is 10.9 Å². The number of nitrogens with zero attached hydrogens (tertiary/aromatic N) is 1. The maximum atomic E-state index is 13.3. The summed E-state index contributed by atoms with van der Waals surface area (Å²) in [5.74, 6) is -0.887. The lowest BCUT2D eigenvalue weighted by molar-refractivity contribution is 0.0528. The molecule has 1 heterocycles. The number of carbonyl (C=O) groups is 1. The number of aromatic nitrogens is 1. The average Bonchev–Trinajstić information content (AvgIpc) is 2.99. The summed E-state index contributed by atoms with van der Waals surface area (Å²) in [5.41, 5.74) is 7.98. The lowest BCUT2D eigenvalue weighted by Gasteiger charge is -2.12. The van der Waals surface area contributed by atoms with Crippen LogP contribution in [0.2, 0.25) is 0 Å². The molecule has 0 aliphatic carbocycles. The van der Waals surface area contributed by atoms with Crippen LogP contribution in [-0.4, -0.2) is 25.6 Å². The van der Waals surface area contributed by atoms with Crippen LogP contribution in [0, 0.1) is 5.82 Å². The molecule has 0 atom stereocenters. The van der Waals surface area contributed by atoms with Crippen molar-refractivity contribution in [1.82, 2.24) is 4.57 Å². The maximum Gasteiger partial charge on any atom is 0.341 e. The molecule has 0 saturated carbocycles. The number of esters is 1. The van der Waals surface area contributed by atoms with Gasteiger partial charge in [0.05, 0.1) is 17.2 Å². The predicted octanol–water partition coefficient (Wildman–Crippen LogP) is 2.69. The van der Waals surface area contributed by atoms with Crippen LogP contribution in [-0.2, 0) is 14.8 Å². The Bertz CT molecular complexity index is 1120. The number of carbonyl (C=O) groups excluding carboxylic acids is 1. The molecule has 4 N–H and O–H groups in total. The van der Waals surface area contributed by atoms with Crippen molar-refractivity contribution >= 4 is 21.8 Å². The monoisotopic (exact) mass is 403 g/mol. The molecule has 0 unspecified atom stereocenters. The Morgan fingerprint density at radius 1 is 1.11 bits per heavy atom. The lowest BCUT2D eigenvalue weighted by atomic mass is 10.1. The zero-order valence-corrected chi connectivity index (χ0v) is 15.7. The molecule has 0 saturated heterocycles. The quantitative estimate of drug-likeness (QED) is 0.635. The standard InChI is InChI=1S/C19H18FN3O4S/c1-2-27-19(24)16-11-17(12-3-5-13(20)6-4-12)23(18(16)21)14-7-9-15(10-8-14)28(22,25)26/h3-11H,2,21H2,1H3,(H2,22,25,26). The van der Waals surface area contributed by atoms with Gasteiger partial charge in [-0.25, -0.2) is 22.7 Å². The Hall–Kier alpha value is -3.17. The zero-order chi connectivity index (χ0) is 20.5. The van der Waals surface area contributed by atoms with Gasteiger partial charge < -0.3 is 10.5 Å². The SMILES string of the molecule is CCOC(=O)c1cc(-c2ccc(F)cc2)n(-c2ccc(S(N)(=O)=O)cc2)c1N. The van der Waals surface area contributed by atoms with Crippen molar-refractivity contribution in [3.8, 4) is 16.9 Å². The lowest BCUT2D eigenvalue weighted by Crippen LogP contribution is -2.12. The fourth-order valence-corrected chi connectivity index (χ4v) is 3.31. The highest BCUT2D eigenvalue weighted by molar-refractivity contribution is 7.89. The zero-order valence-electron chi connectivity index (χ0n) is 14.9. The minimum atomic E-state index is -3.85. The molecule has 0 aliphatic rings. The fraction of sp³-hybridized carbons (Fsp3) is 0.105. The van der Waals surface area contributed by atoms with Crippen molar-refractivity contribution in [3.05, 3.63) is 66.0 Å². The van der Waals surface area contributed by atoms with E-state index in [0.29, 0.717) is 16.9 Å². The highest BCUT2D eigenvalue weighted by atomic mass is 32.2. The molecule has 0 amide bonds. The third kappa shape index (κ3) is 3.75.